The maximum absolute atomic E-state index is 12.9. The Bertz CT molecular complexity index is 1860. The summed E-state index contributed by atoms with van der Waals surface area (Å²) in [5.74, 6) is -1.09. The molecule has 0 rings (SSSR count). The molecule has 6 heteroatoms. The number of hydrogen-bond acceptors (Lipinski definition) is 6. The highest BCUT2D eigenvalue weighted by atomic mass is 16.6. The molecule has 1 atom stereocenters. The molecule has 0 aliphatic rings. The Kier molecular flexibility index (Phi) is 62.9. The van der Waals surface area contributed by atoms with Crippen LogP contribution in [-0.2, 0) is 28.6 Å². The Balaban J connectivity index is 4.50. The highest BCUT2D eigenvalue weighted by Gasteiger charge is 2.19. The molecule has 0 aromatic heterocycles. The summed E-state index contributed by atoms with van der Waals surface area (Å²) in [6, 6.07) is 0. The lowest BCUT2D eigenvalue weighted by atomic mass is 10.1. The van der Waals surface area contributed by atoms with Crippen LogP contribution in [0.2, 0.25) is 0 Å². The molecule has 81 heavy (non-hydrogen) atoms. The Labute approximate surface area is 498 Å². The first-order chi connectivity index (χ1) is 40.0. The molecule has 1 unspecified atom stereocenters. The van der Waals surface area contributed by atoms with Crippen molar-refractivity contribution >= 4 is 17.9 Å². The van der Waals surface area contributed by atoms with Gasteiger partial charge in [-0.1, -0.05) is 281 Å². The van der Waals surface area contributed by atoms with Gasteiger partial charge >= 0.3 is 17.9 Å². The van der Waals surface area contributed by atoms with Crippen LogP contribution in [0.4, 0.5) is 0 Å². The summed E-state index contributed by atoms with van der Waals surface area (Å²) in [7, 11) is 0. The van der Waals surface area contributed by atoms with Crippen molar-refractivity contribution in [2.75, 3.05) is 13.2 Å². The minimum Gasteiger partial charge on any atom is -0.462 e. The molecule has 0 aromatic rings. The molecule has 0 saturated carbocycles. The maximum Gasteiger partial charge on any atom is 0.309 e. The summed E-state index contributed by atoms with van der Waals surface area (Å²) in [6.07, 6.45) is 99.6. The van der Waals surface area contributed by atoms with Gasteiger partial charge in [0, 0.05) is 12.8 Å². The van der Waals surface area contributed by atoms with Crippen LogP contribution in [-0.4, -0.2) is 37.2 Å². The zero-order valence-corrected chi connectivity index (χ0v) is 52.0. The molecule has 6 nitrogen and oxygen atoms in total. The molecule has 0 fully saturated rings. The lowest BCUT2D eigenvalue weighted by molar-refractivity contribution is -0.166. The molecule has 0 radical (unpaired) electrons. The first-order valence-electron chi connectivity index (χ1n) is 32.6. The van der Waals surface area contributed by atoms with E-state index in [-0.39, 0.29) is 31.6 Å². The van der Waals surface area contributed by atoms with Crippen molar-refractivity contribution in [2.24, 2.45) is 0 Å². The molecular weight excluding hydrogens is 997 g/mol. The number of unbranched alkanes of at least 4 members (excludes halogenated alkanes) is 19. The maximum atomic E-state index is 12.9. The zero-order chi connectivity index (χ0) is 58.5. The van der Waals surface area contributed by atoms with Crippen LogP contribution >= 0.6 is 0 Å². The molecule has 0 bridgehead atoms. The SMILES string of the molecule is CC/C=C\C/C=C\C/C=C\C/C=C\C/C=C\C/C=C\C/C=C\C/C=C\CCCCCCC(=O)OCC(COC(=O)C/C=C\C/C=C\C/C=C\C/C=C\C/C=C\CC)OC(=O)CCCCCCCCCCC/C=C\CCCCCCCC. The predicted octanol–water partition coefficient (Wildman–Crippen LogP) is 22.7. The average Bonchev–Trinajstić information content (AvgIpc) is 3.47. The number of ether oxygens (including phenoxy) is 3. The van der Waals surface area contributed by atoms with Gasteiger partial charge in [0.05, 0.1) is 6.42 Å². The largest absolute Gasteiger partial charge is 0.462 e. The van der Waals surface area contributed by atoms with Crippen LogP contribution in [0.1, 0.15) is 265 Å². The minimum absolute atomic E-state index is 0.114. The summed E-state index contributed by atoms with van der Waals surface area (Å²) < 4.78 is 16.8. The number of allylic oxidation sites excluding steroid dienone is 27. The number of carbonyl (C=O) groups is 3. The molecule has 0 aliphatic carbocycles. The Morgan fingerprint density at radius 3 is 0.877 bits per heavy atom. The number of rotatable bonds is 57. The summed E-state index contributed by atoms with van der Waals surface area (Å²) in [5.41, 5.74) is 0. The van der Waals surface area contributed by atoms with Crippen molar-refractivity contribution in [3.63, 3.8) is 0 Å². The van der Waals surface area contributed by atoms with Gasteiger partial charge in [0.1, 0.15) is 13.2 Å². The molecule has 0 N–H and O–H groups in total. The molecule has 0 aromatic carbocycles. The molecular formula is C75H118O6. The van der Waals surface area contributed by atoms with E-state index in [1.165, 1.54) is 89.9 Å². The Morgan fingerprint density at radius 2 is 0.531 bits per heavy atom. The van der Waals surface area contributed by atoms with Gasteiger partial charge in [0.25, 0.3) is 0 Å². The van der Waals surface area contributed by atoms with E-state index < -0.39 is 12.1 Å². The van der Waals surface area contributed by atoms with Crippen LogP contribution < -0.4 is 0 Å². The van der Waals surface area contributed by atoms with E-state index in [1.54, 1.807) is 6.08 Å². The van der Waals surface area contributed by atoms with Gasteiger partial charge in [-0.2, -0.15) is 0 Å². The zero-order valence-electron chi connectivity index (χ0n) is 52.0. The first-order valence-corrected chi connectivity index (χ1v) is 32.6. The molecule has 0 heterocycles. The average molecular weight is 1120 g/mol. The monoisotopic (exact) mass is 1110 g/mol. The third-order valence-electron chi connectivity index (χ3n) is 13.2. The van der Waals surface area contributed by atoms with Gasteiger partial charge in [-0.3, -0.25) is 14.4 Å². The highest BCUT2D eigenvalue weighted by molar-refractivity contribution is 5.72. The molecule has 0 spiro atoms. The van der Waals surface area contributed by atoms with Gasteiger partial charge < -0.3 is 14.2 Å². The second-order valence-electron chi connectivity index (χ2n) is 20.9. The fourth-order valence-corrected chi connectivity index (χ4v) is 8.41. The van der Waals surface area contributed by atoms with Gasteiger partial charge in [-0.25, -0.2) is 0 Å². The van der Waals surface area contributed by atoms with Gasteiger partial charge in [0.15, 0.2) is 6.10 Å². The van der Waals surface area contributed by atoms with E-state index in [4.69, 9.17) is 14.2 Å². The molecule has 0 saturated heterocycles. The minimum atomic E-state index is -0.840. The van der Waals surface area contributed by atoms with Crippen molar-refractivity contribution in [1.29, 1.82) is 0 Å². The second kappa shape index (κ2) is 67.3. The van der Waals surface area contributed by atoms with Gasteiger partial charge in [-0.15, -0.1) is 0 Å². The molecule has 454 valence electrons. The van der Waals surface area contributed by atoms with Crippen molar-refractivity contribution in [3.05, 3.63) is 170 Å². The topological polar surface area (TPSA) is 78.9 Å². The number of hydrogen-bond donors (Lipinski definition) is 0. The van der Waals surface area contributed by atoms with Crippen LogP contribution in [0, 0.1) is 0 Å². The smallest absolute Gasteiger partial charge is 0.309 e. The summed E-state index contributed by atoms with van der Waals surface area (Å²) in [6.45, 7) is 6.30. The van der Waals surface area contributed by atoms with Gasteiger partial charge in [0.2, 0.25) is 0 Å². The number of carbonyl (C=O) groups excluding carboxylic acids is 3. The van der Waals surface area contributed by atoms with E-state index in [0.717, 1.165) is 135 Å². The lowest BCUT2D eigenvalue weighted by Gasteiger charge is -2.18. The predicted molar refractivity (Wildman–Crippen MR) is 352 cm³/mol. The van der Waals surface area contributed by atoms with Crippen LogP contribution in [0.25, 0.3) is 0 Å². The standard InChI is InChI=1S/C75H118O6/c1-4-7-10-13-16-19-22-25-28-30-32-33-34-35-36-37-38-39-40-41-43-44-47-50-53-56-59-62-65-68-74(77)80-71-72(70-79-73(76)67-64-61-58-55-52-49-46-27-24-21-18-15-12-9-6-3)81-75(78)69-66-63-60-57-54-51-48-45-42-31-29-26-23-20-17-14-11-8-5-2/h7,9-10,12,16,18-19,21,25-29,32-33,35-36,38-39,41,43,46-47,50,52,55,61,64,72H,4-6,8,11,13-15,17,20,22-24,30-31,34,37,40,42,44-45,48-49,51,53-54,56-60,62-63,65-71H2,1-3H3/b10-7-,12-9-,19-16-,21-18-,28-25-,29-26-,33-32-,36-35-,39-38-,43-41-,46-27-,50-47-,55-52-,64-61-. The summed E-state index contributed by atoms with van der Waals surface area (Å²) >= 11 is 0. The third kappa shape index (κ3) is 65.5. The Hall–Kier alpha value is -5.23. The normalized spacial score (nSPS) is 13.3. The fourth-order valence-electron chi connectivity index (χ4n) is 8.41. The van der Waals surface area contributed by atoms with E-state index in [2.05, 4.69) is 179 Å². The summed E-state index contributed by atoms with van der Waals surface area (Å²) in [4.78, 5) is 38.3. The third-order valence-corrected chi connectivity index (χ3v) is 13.2. The van der Waals surface area contributed by atoms with E-state index in [1.807, 2.05) is 6.08 Å². The molecule has 0 aliphatic heterocycles. The van der Waals surface area contributed by atoms with E-state index in [9.17, 15) is 14.4 Å². The van der Waals surface area contributed by atoms with Crippen molar-refractivity contribution in [3.8, 4) is 0 Å². The highest BCUT2D eigenvalue weighted by Crippen LogP contribution is 2.14. The van der Waals surface area contributed by atoms with Gasteiger partial charge in [-0.05, 0) is 135 Å². The first kappa shape index (κ1) is 75.8. The fraction of sp³-hybridized carbons (Fsp3) is 0.587. The molecule has 0 amide bonds. The van der Waals surface area contributed by atoms with Crippen molar-refractivity contribution in [1.82, 2.24) is 0 Å². The van der Waals surface area contributed by atoms with E-state index in [0.29, 0.717) is 12.8 Å². The number of esters is 3. The quantitative estimate of drug-likeness (QED) is 0.0261. The lowest BCUT2D eigenvalue weighted by Crippen LogP contribution is -2.30. The second-order valence-corrected chi connectivity index (χ2v) is 20.9. The Morgan fingerprint density at radius 1 is 0.272 bits per heavy atom. The van der Waals surface area contributed by atoms with Crippen molar-refractivity contribution < 1.29 is 28.6 Å². The van der Waals surface area contributed by atoms with Crippen molar-refractivity contribution in [2.45, 2.75) is 271 Å². The van der Waals surface area contributed by atoms with E-state index >= 15 is 0 Å². The summed E-state index contributed by atoms with van der Waals surface area (Å²) in [5, 5.41) is 0. The van der Waals surface area contributed by atoms with Crippen LogP contribution in [0.3, 0.4) is 0 Å². The van der Waals surface area contributed by atoms with Crippen LogP contribution in [0.15, 0.2) is 170 Å². The van der Waals surface area contributed by atoms with Crippen LogP contribution in [0.5, 0.6) is 0 Å².